The molecular weight excluding hydrogens is 352 g/mol. The molecule has 0 N–H and O–H groups in total. The van der Waals surface area contributed by atoms with Crippen LogP contribution in [-0.2, 0) is 0 Å². The standard InChI is InChI=1S/C19H15ClN4O2/c1-25-16-6-4-3-5-13(16)19-22-21-18-10-8-15(23-24(18)19)12-7-9-17(26-2)14(20)11-12/h3-11H,1-2H3. The molecule has 0 aliphatic carbocycles. The molecule has 0 saturated heterocycles. The highest BCUT2D eigenvalue weighted by molar-refractivity contribution is 6.32. The lowest BCUT2D eigenvalue weighted by Gasteiger charge is -2.08. The average Bonchev–Trinajstić information content (AvgIpc) is 3.10. The van der Waals surface area contributed by atoms with Crippen molar-refractivity contribution in [3.05, 3.63) is 59.6 Å². The van der Waals surface area contributed by atoms with E-state index in [2.05, 4.69) is 10.2 Å². The van der Waals surface area contributed by atoms with E-state index in [1.807, 2.05) is 54.6 Å². The molecule has 0 aliphatic heterocycles. The Morgan fingerprint density at radius 1 is 0.885 bits per heavy atom. The predicted octanol–water partition coefficient (Wildman–Crippen LogP) is 4.13. The van der Waals surface area contributed by atoms with Gasteiger partial charge in [-0.3, -0.25) is 0 Å². The number of hydrogen-bond acceptors (Lipinski definition) is 5. The van der Waals surface area contributed by atoms with E-state index >= 15 is 0 Å². The van der Waals surface area contributed by atoms with E-state index in [1.54, 1.807) is 18.7 Å². The molecule has 0 bridgehead atoms. The van der Waals surface area contributed by atoms with E-state index in [9.17, 15) is 0 Å². The summed E-state index contributed by atoms with van der Waals surface area (Å²) in [6.45, 7) is 0. The number of ether oxygens (including phenoxy) is 2. The summed E-state index contributed by atoms with van der Waals surface area (Å²) in [5.74, 6) is 1.94. The van der Waals surface area contributed by atoms with Crippen molar-refractivity contribution in [1.82, 2.24) is 19.8 Å². The summed E-state index contributed by atoms with van der Waals surface area (Å²) in [6.07, 6.45) is 0. The normalized spacial score (nSPS) is 10.9. The number of benzene rings is 2. The molecule has 0 aliphatic rings. The molecule has 6 nitrogen and oxygen atoms in total. The van der Waals surface area contributed by atoms with E-state index in [0.717, 1.165) is 16.8 Å². The molecule has 0 saturated carbocycles. The first-order chi connectivity index (χ1) is 12.7. The molecule has 4 rings (SSSR count). The maximum atomic E-state index is 6.24. The van der Waals surface area contributed by atoms with Gasteiger partial charge >= 0.3 is 0 Å². The van der Waals surface area contributed by atoms with Gasteiger partial charge in [-0.25, -0.2) is 0 Å². The lowest BCUT2D eigenvalue weighted by molar-refractivity contribution is 0.415. The molecule has 0 unspecified atom stereocenters. The Labute approximate surface area is 155 Å². The van der Waals surface area contributed by atoms with Gasteiger partial charge in [0.25, 0.3) is 0 Å². The van der Waals surface area contributed by atoms with Crippen LogP contribution in [0.15, 0.2) is 54.6 Å². The predicted molar refractivity (Wildman–Crippen MR) is 99.8 cm³/mol. The Morgan fingerprint density at radius 2 is 1.69 bits per heavy atom. The summed E-state index contributed by atoms with van der Waals surface area (Å²) >= 11 is 6.24. The Balaban J connectivity index is 1.86. The number of hydrogen-bond donors (Lipinski definition) is 0. The minimum absolute atomic E-state index is 0.528. The molecule has 2 aromatic heterocycles. The molecule has 2 aromatic carbocycles. The van der Waals surface area contributed by atoms with Crippen LogP contribution in [0.3, 0.4) is 0 Å². The zero-order valence-electron chi connectivity index (χ0n) is 14.2. The van der Waals surface area contributed by atoms with Crippen LogP contribution < -0.4 is 9.47 Å². The number of halogens is 1. The van der Waals surface area contributed by atoms with Crippen molar-refractivity contribution in [3.63, 3.8) is 0 Å². The van der Waals surface area contributed by atoms with Crippen LogP contribution in [0.25, 0.3) is 28.3 Å². The molecular formula is C19H15ClN4O2. The SMILES string of the molecule is COc1ccc(-c2ccc3nnc(-c4ccccc4OC)n3n2)cc1Cl. The van der Waals surface area contributed by atoms with Crippen LogP contribution in [-0.4, -0.2) is 34.0 Å². The number of para-hydroxylation sites is 1. The summed E-state index contributed by atoms with van der Waals surface area (Å²) in [4.78, 5) is 0. The molecule has 0 fully saturated rings. The second-order valence-electron chi connectivity index (χ2n) is 5.56. The number of rotatable bonds is 4. The van der Waals surface area contributed by atoms with Crippen molar-refractivity contribution in [2.75, 3.05) is 14.2 Å². The van der Waals surface area contributed by atoms with Crippen LogP contribution in [0.5, 0.6) is 11.5 Å². The van der Waals surface area contributed by atoms with Crippen LogP contribution in [0.4, 0.5) is 0 Å². The third kappa shape index (κ3) is 2.74. The third-order valence-corrected chi connectivity index (χ3v) is 4.35. The minimum Gasteiger partial charge on any atom is -0.496 e. The van der Waals surface area contributed by atoms with Gasteiger partial charge < -0.3 is 9.47 Å². The number of aromatic nitrogens is 4. The molecule has 0 atom stereocenters. The van der Waals surface area contributed by atoms with Crippen LogP contribution in [0.2, 0.25) is 5.02 Å². The first kappa shape index (κ1) is 16.4. The summed E-state index contributed by atoms with van der Waals surface area (Å²) < 4.78 is 12.3. The lowest BCUT2D eigenvalue weighted by atomic mass is 10.1. The average molecular weight is 367 g/mol. The Kier molecular flexibility index (Phi) is 4.18. The number of fused-ring (bicyclic) bond motifs is 1. The van der Waals surface area contributed by atoms with Gasteiger partial charge in [-0.05, 0) is 42.5 Å². The molecule has 0 spiro atoms. The monoisotopic (exact) mass is 366 g/mol. The first-order valence-electron chi connectivity index (χ1n) is 7.91. The largest absolute Gasteiger partial charge is 0.496 e. The molecule has 7 heteroatoms. The Bertz CT molecular complexity index is 1090. The second kappa shape index (κ2) is 6.65. The van der Waals surface area contributed by atoms with Gasteiger partial charge in [0.1, 0.15) is 11.5 Å². The summed E-state index contributed by atoms with van der Waals surface area (Å²) in [5, 5.41) is 13.7. The minimum atomic E-state index is 0.528. The highest BCUT2D eigenvalue weighted by Gasteiger charge is 2.15. The van der Waals surface area contributed by atoms with Crippen LogP contribution >= 0.6 is 11.6 Å². The van der Waals surface area contributed by atoms with Crippen molar-refractivity contribution in [2.24, 2.45) is 0 Å². The number of methoxy groups -OCH3 is 2. The highest BCUT2D eigenvalue weighted by atomic mass is 35.5. The van der Waals surface area contributed by atoms with Gasteiger partial charge in [0.2, 0.25) is 0 Å². The van der Waals surface area contributed by atoms with Gasteiger partial charge in [-0.2, -0.15) is 9.61 Å². The summed E-state index contributed by atoms with van der Waals surface area (Å²) in [6, 6.07) is 16.9. The van der Waals surface area contributed by atoms with Crippen LogP contribution in [0, 0.1) is 0 Å². The molecule has 4 aromatic rings. The van der Waals surface area contributed by atoms with Gasteiger partial charge in [-0.1, -0.05) is 23.7 Å². The lowest BCUT2D eigenvalue weighted by Crippen LogP contribution is -1.98. The van der Waals surface area contributed by atoms with Gasteiger partial charge in [0.05, 0.1) is 30.5 Å². The molecule has 0 amide bonds. The maximum absolute atomic E-state index is 6.24. The van der Waals surface area contributed by atoms with Crippen molar-refractivity contribution in [3.8, 4) is 34.1 Å². The fourth-order valence-corrected chi connectivity index (χ4v) is 3.02. The van der Waals surface area contributed by atoms with E-state index in [1.165, 1.54) is 0 Å². The van der Waals surface area contributed by atoms with Crippen molar-refractivity contribution < 1.29 is 9.47 Å². The fourth-order valence-electron chi connectivity index (χ4n) is 2.77. The van der Waals surface area contributed by atoms with Crippen molar-refractivity contribution in [2.45, 2.75) is 0 Å². The Hall–Kier alpha value is -3.12. The van der Waals surface area contributed by atoms with E-state index in [4.69, 9.17) is 26.2 Å². The zero-order chi connectivity index (χ0) is 18.1. The fraction of sp³-hybridized carbons (Fsp3) is 0.105. The topological polar surface area (TPSA) is 61.5 Å². The summed E-state index contributed by atoms with van der Waals surface area (Å²) in [5.41, 5.74) is 3.09. The quantitative estimate of drug-likeness (QED) is 0.543. The summed E-state index contributed by atoms with van der Waals surface area (Å²) in [7, 11) is 3.21. The van der Waals surface area contributed by atoms with Gasteiger partial charge in [-0.15, -0.1) is 10.2 Å². The number of nitrogens with zero attached hydrogens (tertiary/aromatic N) is 4. The molecule has 26 heavy (non-hydrogen) atoms. The van der Waals surface area contributed by atoms with Crippen LogP contribution in [0.1, 0.15) is 0 Å². The Morgan fingerprint density at radius 3 is 2.46 bits per heavy atom. The second-order valence-corrected chi connectivity index (χ2v) is 5.97. The molecule has 130 valence electrons. The first-order valence-corrected chi connectivity index (χ1v) is 8.29. The van der Waals surface area contributed by atoms with E-state index in [-0.39, 0.29) is 0 Å². The van der Waals surface area contributed by atoms with Gasteiger partial charge in [0.15, 0.2) is 11.5 Å². The highest BCUT2D eigenvalue weighted by Crippen LogP contribution is 2.31. The molecule has 2 heterocycles. The van der Waals surface area contributed by atoms with Crippen molar-refractivity contribution in [1.29, 1.82) is 0 Å². The van der Waals surface area contributed by atoms with E-state index in [0.29, 0.717) is 28.0 Å². The maximum Gasteiger partial charge on any atom is 0.189 e. The smallest absolute Gasteiger partial charge is 0.189 e. The van der Waals surface area contributed by atoms with E-state index < -0.39 is 0 Å². The molecule has 0 radical (unpaired) electrons. The van der Waals surface area contributed by atoms with Crippen molar-refractivity contribution >= 4 is 17.2 Å². The zero-order valence-corrected chi connectivity index (χ0v) is 14.9. The van der Waals surface area contributed by atoms with Gasteiger partial charge in [0, 0.05) is 5.56 Å². The third-order valence-electron chi connectivity index (χ3n) is 4.06.